The standard InChI is InChI=1S/C18H19N5O/c1-14(16-5-3-2-4-6-16)12-19-18(24)11-15-7-9-17(10-8-15)23-13-20-21-22-23/h2-10,13-14H,11-12H2,1H3,(H,19,24). The van der Waals surface area contributed by atoms with Gasteiger partial charge in [0.25, 0.3) is 0 Å². The van der Waals surface area contributed by atoms with Gasteiger partial charge in [-0.2, -0.15) is 0 Å². The lowest BCUT2D eigenvalue weighted by Gasteiger charge is -2.13. The van der Waals surface area contributed by atoms with E-state index in [0.29, 0.717) is 13.0 Å². The zero-order valence-electron chi connectivity index (χ0n) is 13.5. The summed E-state index contributed by atoms with van der Waals surface area (Å²) in [6.07, 6.45) is 1.89. The van der Waals surface area contributed by atoms with Crippen molar-refractivity contribution < 1.29 is 4.79 Å². The number of rotatable bonds is 6. The Labute approximate surface area is 140 Å². The molecule has 0 aliphatic rings. The van der Waals surface area contributed by atoms with E-state index in [4.69, 9.17) is 0 Å². The number of carbonyl (C=O) groups is 1. The van der Waals surface area contributed by atoms with Gasteiger partial charge in [0, 0.05) is 6.54 Å². The summed E-state index contributed by atoms with van der Waals surface area (Å²) in [4.78, 5) is 12.1. The molecule has 0 fully saturated rings. The predicted octanol–water partition coefficient (Wildman–Crippen LogP) is 2.12. The summed E-state index contributed by atoms with van der Waals surface area (Å²) in [6, 6.07) is 17.8. The van der Waals surface area contributed by atoms with Gasteiger partial charge in [0.05, 0.1) is 12.1 Å². The topological polar surface area (TPSA) is 72.7 Å². The third-order valence-corrected chi connectivity index (χ3v) is 3.89. The summed E-state index contributed by atoms with van der Waals surface area (Å²) >= 11 is 0. The van der Waals surface area contributed by atoms with E-state index in [1.165, 1.54) is 11.9 Å². The zero-order chi connectivity index (χ0) is 16.8. The van der Waals surface area contributed by atoms with Crippen LogP contribution in [-0.2, 0) is 11.2 Å². The van der Waals surface area contributed by atoms with Crippen molar-refractivity contribution in [1.82, 2.24) is 25.5 Å². The van der Waals surface area contributed by atoms with Gasteiger partial charge in [-0.25, -0.2) is 4.68 Å². The molecule has 0 saturated heterocycles. The van der Waals surface area contributed by atoms with E-state index in [1.807, 2.05) is 42.5 Å². The molecule has 1 heterocycles. The Kier molecular flexibility index (Phi) is 4.96. The normalized spacial score (nSPS) is 11.9. The molecular formula is C18H19N5O. The summed E-state index contributed by atoms with van der Waals surface area (Å²) in [6.45, 7) is 2.74. The van der Waals surface area contributed by atoms with Gasteiger partial charge < -0.3 is 5.32 Å². The molecule has 1 amide bonds. The highest BCUT2D eigenvalue weighted by atomic mass is 16.1. The van der Waals surface area contributed by atoms with Crippen molar-refractivity contribution in [2.24, 2.45) is 0 Å². The molecule has 6 nitrogen and oxygen atoms in total. The van der Waals surface area contributed by atoms with Crippen molar-refractivity contribution in [2.45, 2.75) is 19.3 Å². The molecule has 1 N–H and O–H groups in total. The molecule has 1 aromatic heterocycles. The maximum absolute atomic E-state index is 12.1. The third-order valence-electron chi connectivity index (χ3n) is 3.89. The van der Waals surface area contributed by atoms with Gasteiger partial charge in [0.1, 0.15) is 6.33 Å². The van der Waals surface area contributed by atoms with Gasteiger partial charge in [-0.1, -0.05) is 49.4 Å². The van der Waals surface area contributed by atoms with Crippen LogP contribution in [0, 0.1) is 0 Å². The first-order chi connectivity index (χ1) is 11.7. The van der Waals surface area contributed by atoms with Crippen LogP contribution >= 0.6 is 0 Å². The second-order valence-electron chi connectivity index (χ2n) is 5.71. The molecule has 1 atom stereocenters. The van der Waals surface area contributed by atoms with Gasteiger partial charge in [-0.05, 0) is 39.6 Å². The van der Waals surface area contributed by atoms with E-state index in [2.05, 4.69) is 39.9 Å². The van der Waals surface area contributed by atoms with Crippen LogP contribution in [0.4, 0.5) is 0 Å². The summed E-state index contributed by atoms with van der Waals surface area (Å²) in [5, 5.41) is 14.0. The number of nitrogens with zero attached hydrogens (tertiary/aromatic N) is 4. The van der Waals surface area contributed by atoms with Gasteiger partial charge >= 0.3 is 0 Å². The van der Waals surface area contributed by atoms with E-state index < -0.39 is 0 Å². The van der Waals surface area contributed by atoms with Crippen LogP contribution in [0.15, 0.2) is 60.9 Å². The monoisotopic (exact) mass is 321 g/mol. The quantitative estimate of drug-likeness (QED) is 0.755. The minimum atomic E-state index is 0.0213. The van der Waals surface area contributed by atoms with Gasteiger partial charge in [0.15, 0.2) is 0 Å². The number of nitrogens with one attached hydrogen (secondary N) is 1. The number of tetrazole rings is 1. The Bertz CT molecular complexity index is 769. The van der Waals surface area contributed by atoms with Crippen molar-refractivity contribution in [3.05, 3.63) is 72.1 Å². The fourth-order valence-electron chi connectivity index (χ4n) is 2.46. The molecule has 122 valence electrons. The van der Waals surface area contributed by atoms with Crippen LogP contribution in [0.5, 0.6) is 0 Å². The first kappa shape index (κ1) is 15.9. The molecule has 1 unspecified atom stereocenters. The molecular weight excluding hydrogens is 302 g/mol. The highest BCUT2D eigenvalue weighted by molar-refractivity contribution is 5.78. The lowest BCUT2D eigenvalue weighted by molar-refractivity contribution is -0.120. The van der Waals surface area contributed by atoms with Crippen LogP contribution in [0.25, 0.3) is 5.69 Å². The molecule has 0 bridgehead atoms. The van der Waals surface area contributed by atoms with Gasteiger partial charge in [-0.15, -0.1) is 5.10 Å². The average molecular weight is 321 g/mol. The number of aromatic nitrogens is 4. The largest absolute Gasteiger partial charge is 0.355 e. The van der Waals surface area contributed by atoms with E-state index in [1.54, 1.807) is 4.68 Å². The highest BCUT2D eigenvalue weighted by Gasteiger charge is 2.08. The third kappa shape index (κ3) is 4.04. The lowest BCUT2D eigenvalue weighted by Crippen LogP contribution is -2.28. The van der Waals surface area contributed by atoms with Crippen molar-refractivity contribution in [3.63, 3.8) is 0 Å². The molecule has 3 aromatic rings. The summed E-state index contributed by atoms with van der Waals surface area (Å²) in [5.41, 5.74) is 3.04. The van der Waals surface area contributed by atoms with E-state index in [0.717, 1.165) is 11.3 Å². The Morgan fingerprint density at radius 3 is 2.54 bits per heavy atom. The Morgan fingerprint density at radius 2 is 1.88 bits per heavy atom. The van der Waals surface area contributed by atoms with Crippen molar-refractivity contribution in [1.29, 1.82) is 0 Å². The average Bonchev–Trinajstić information content (AvgIpc) is 3.16. The zero-order valence-corrected chi connectivity index (χ0v) is 13.5. The van der Waals surface area contributed by atoms with Crippen molar-refractivity contribution in [3.8, 4) is 5.69 Å². The first-order valence-electron chi connectivity index (χ1n) is 7.86. The molecule has 0 spiro atoms. The van der Waals surface area contributed by atoms with Crippen LogP contribution in [0.3, 0.4) is 0 Å². The molecule has 24 heavy (non-hydrogen) atoms. The summed E-state index contributed by atoms with van der Waals surface area (Å²) in [5.74, 6) is 0.310. The second kappa shape index (κ2) is 7.50. The van der Waals surface area contributed by atoms with Crippen molar-refractivity contribution >= 4 is 5.91 Å². The smallest absolute Gasteiger partial charge is 0.224 e. The molecule has 2 aromatic carbocycles. The lowest BCUT2D eigenvalue weighted by atomic mass is 10.0. The number of benzene rings is 2. The fraction of sp³-hybridized carbons (Fsp3) is 0.222. The summed E-state index contributed by atoms with van der Waals surface area (Å²) in [7, 11) is 0. The van der Waals surface area contributed by atoms with Crippen LogP contribution < -0.4 is 5.32 Å². The fourth-order valence-corrected chi connectivity index (χ4v) is 2.46. The van der Waals surface area contributed by atoms with Crippen LogP contribution in [0.2, 0.25) is 0 Å². The van der Waals surface area contributed by atoms with E-state index >= 15 is 0 Å². The van der Waals surface area contributed by atoms with Crippen LogP contribution in [0.1, 0.15) is 24.0 Å². The van der Waals surface area contributed by atoms with Gasteiger partial charge in [0.2, 0.25) is 5.91 Å². The first-order valence-corrected chi connectivity index (χ1v) is 7.86. The molecule has 0 aliphatic carbocycles. The Morgan fingerprint density at radius 1 is 1.12 bits per heavy atom. The van der Waals surface area contributed by atoms with Crippen LogP contribution in [-0.4, -0.2) is 32.7 Å². The minimum Gasteiger partial charge on any atom is -0.355 e. The number of hydrogen-bond acceptors (Lipinski definition) is 4. The SMILES string of the molecule is CC(CNC(=O)Cc1ccc(-n2cnnn2)cc1)c1ccccc1. The second-order valence-corrected chi connectivity index (χ2v) is 5.71. The molecule has 6 heteroatoms. The molecule has 3 rings (SSSR count). The van der Waals surface area contributed by atoms with Crippen molar-refractivity contribution in [2.75, 3.05) is 6.54 Å². The molecule has 0 aliphatic heterocycles. The maximum Gasteiger partial charge on any atom is 0.224 e. The number of hydrogen-bond donors (Lipinski definition) is 1. The predicted molar refractivity (Wildman–Crippen MR) is 90.7 cm³/mol. The van der Waals surface area contributed by atoms with Gasteiger partial charge in [-0.3, -0.25) is 4.79 Å². The van der Waals surface area contributed by atoms with E-state index in [-0.39, 0.29) is 11.8 Å². The number of carbonyl (C=O) groups excluding carboxylic acids is 1. The molecule has 0 radical (unpaired) electrons. The highest BCUT2D eigenvalue weighted by Crippen LogP contribution is 2.13. The Hall–Kier alpha value is -3.02. The summed E-state index contributed by atoms with van der Waals surface area (Å²) < 4.78 is 1.57. The Balaban J connectivity index is 1.51. The number of amides is 1. The van der Waals surface area contributed by atoms with E-state index in [9.17, 15) is 4.79 Å². The maximum atomic E-state index is 12.1. The molecule has 0 saturated carbocycles. The minimum absolute atomic E-state index is 0.0213.